The van der Waals surface area contributed by atoms with Crippen molar-refractivity contribution < 1.29 is 9.90 Å². The van der Waals surface area contributed by atoms with Gasteiger partial charge in [-0.3, -0.25) is 4.79 Å². The van der Waals surface area contributed by atoms with Gasteiger partial charge in [-0.05, 0) is 50.9 Å². The van der Waals surface area contributed by atoms with Crippen LogP contribution in [0.1, 0.15) is 51.9 Å². The fourth-order valence-corrected chi connectivity index (χ4v) is 4.33. The van der Waals surface area contributed by atoms with E-state index in [2.05, 4.69) is 5.32 Å². The Kier molecular flexibility index (Phi) is 4.32. The minimum Gasteiger partial charge on any atom is -0.393 e. The van der Waals surface area contributed by atoms with Crippen molar-refractivity contribution in [1.29, 1.82) is 0 Å². The topological polar surface area (TPSA) is 52.6 Å². The van der Waals surface area contributed by atoms with E-state index in [1.807, 2.05) is 11.8 Å². The van der Waals surface area contributed by atoms with Crippen molar-refractivity contribution in [2.24, 2.45) is 11.8 Å². The Balaban J connectivity index is 1.52. The highest BCUT2D eigenvalue weighted by Crippen LogP contribution is 2.34. The van der Waals surface area contributed by atoms with E-state index in [1.54, 1.807) is 0 Å². The summed E-state index contributed by atoms with van der Waals surface area (Å²) in [5.74, 6) is 1.41. The number of carbonyl (C=O) groups excluding carboxylic acids is 1. The first-order chi connectivity index (χ1) is 9.65. The molecule has 3 aliphatic rings. The second-order valence-electron chi connectivity index (χ2n) is 7.01. The maximum Gasteiger partial charge on any atom is 0.239 e. The van der Waals surface area contributed by atoms with Gasteiger partial charge in [0.2, 0.25) is 5.91 Å². The highest BCUT2D eigenvalue weighted by molar-refractivity contribution is 5.82. The van der Waals surface area contributed by atoms with E-state index >= 15 is 0 Å². The molecular weight excluding hydrogens is 252 g/mol. The van der Waals surface area contributed by atoms with Gasteiger partial charge in [0.05, 0.1) is 12.1 Å². The zero-order chi connectivity index (χ0) is 14.1. The maximum absolute atomic E-state index is 12.6. The van der Waals surface area contributed by atoms with Crippen LogP contribution in [0.25, 0.3) is 0 Å². The molecule has 0 bridgehead atoms. The quantitative estimate of drug-likeness (QED) is 0.806. The highest BCUT2D eigenvalue weighted by Gasteiger charge is 2.40. The summed E-state index contributed by atoms with van der Waals surface area (Å²) < 4.78 is 0. The zero-order valence-corrected chi connectivity index (χ0v) is 12.6. The predicted molar refractivity (Wildman–Crippen MR) is 78.3 cm³/mol. The Morgan fingerprint density at radius 1 is 1.20 bits per heavy atom. The van der Waals surface area contributed by atoms with E-state index < -0.39 is 0 Å². The van der Waals surface area contributed by atoms with E-state index in [0.717, 1.165) is 38.3 Å². The van der Waals surface area contributed by atoms with Crippen LogP contribution in [0.4, 0.5) is 0 Å². The summed E-state index contributed by atoms with van der Waals surface area (Å²) in [4.78, 5) is 14.6. The lowest BCUT2D eigenvalue weighted by atomic mass is 9.85. The molecule has 0 aromatic carbocycles. The van der Waals surface area contributed by atoms with Gasteiger partial charge < -0.3 is 15.3 Å². The third-order valence-corrected chi connectivity index (χ3v) is 5.69. The molecule has 4 heteroatoms. The Hall–Kier alpha value is -0.610. The first-order valence-electron chi connectivity index (χ1n) is 8.38. The third-order valence-electron chi connectivity index (χ3n) is 5.69. The maximum atomic E-state index is 12.6. The van der Waals surface area contributed by atoms with Crippen molar-refractivity contribution in [1.82, 2.24) is 10.2 Å². The number of fused-ring (bicyclic) bond motifs is 1. The number of nitrogens with one attached hydrogen (secondary N) is 1. The smallest absolute Gasteiger partial charge is 0.239 e. The minimum atomic E-state index is -0.236. The molecule has 0 radical (unpaired) electrons. The largest absolute Gasteiger partial charge is 0.393 e. The summed E-state index contributed by atoms with van der Waals surface area (Å²) in [5, 5.41) is 13.2. The number of aliphatic hydroxyl groups excluding tert-OH is 1. The molecule has 0 aromatic heterocycles. The van der Waals surface area contributed by atoms with Crippen LogP contribution in [-0.4, -0.2) is 47.2 Å². The molecule has 3 rings (SSSR count). The monoisotopic (exact) mass is 280 g/mol. The van der Waals surface area contributed by atoms with Gasteiger partial charge in [0.1, 0.15) is 0 Å². The number of piperidine rings is 1. The highest BCUT2D eigenvalue weighted by atomic mass is 16.3. The van der Waals surface area contributed by atoms with Crippen molar-refractivity contribution in [3.8, 4) is 0 Å². The van der Waals surface area contributed by atoms with Crippen LogP contribution in [0.2, 0.25) is 0 Å². The van der Waals surface area contributed by atoms with Crippen LogP contribution in [0, 0.1) is 11.8 Å². The number of amides is 1. The SMILES string of the molecule is C[C@H](O)C1CCN(C(=O)[C@@H]2C[C@H]3CCCC[C@@H]3N2)CC1. The second-order valence-corrected chi connectivity index (χ2v) is 7.01. The molecule has 2 heterocycles. The van der Waals surface area contributed by atoms with Crippen LogP contribution < -0.4 is 5.32 Å². The predicted octanol–water partition coefficient (Wildman–Crippen LogP) is 1.53. The number of hydrogen-bond donors (Lipinski definition) is 2. The number of hydrogen-bond acceptors (Lipinski definition) is 3. The van der Waals surface area contributed by atoms with E-state index in [0.29, 0.717) is 17.9 Å². The second kappa shape index (κ2) is 6.02. The van der Waals surface area contributed by atoms with E-state index in [9.17, 15) is 9.90 Å². The van der Waals surface area contributed by atoms with Crippen LogP contribution in [0.15, 0.2) is 0 Å². The molecular formula is C16H28N2O2. The molecule has 1 aliphatic carbocycles. The number of likely N-dealkylation sites (tertiary alicyclic amines) is 1. The lowest BCUT2D eigenvalue weighted by molar-refractivity contribution is -0.135. The lowest BCUT2D eigenvalue weighted by Crippen LogP contribution is -2.49. The summed E-state index contributed by atoms with van der Waals surface area (Å²) in [6.07, 6.45) is 7.90. The summed E-state index contributed by atoms with van der Waals surface area (Å²) in [5.41, 5.74) is 0. The van der Waals surface area contributed by atoms with E-state index in [4.69, 9.17) is 0 Å². The first kappa shape index (κ1) is 14.3. The van der Waals surface area contributed by atoms with Gasteiger partial charge in [0.25, 0.3) is 0 Å². The molecule has 2 aliphatic heterocycles. The molecule has 2 saturated heterocycles. The van der Waals surface area contributed by atoms with Gasteiger partial charge in [-0.15, -0.1) is 0 Å². The van der Waals surface area contributed by atoms with Crippen molar-refractivity contribution >= 4 is 5.91 Å². The molecule has 0 aromatic rings. The minimum absolute atomic E-state index is 0.0613. The van der Waals surface area contributed by atoms with Gasteiger partial charge in [-0.2, -0.15) is 0 Å². The molecule has 2 N–H and O–H groups in total. The Morgan fingerprint density at radius 3 is 2.55 bits per heavy atom. The number of carbonyl (C=O) groups is 1. The Morgan fingerprint density at radius 2 is 1.90 bits per heavy atom. The standard InChI is InChI=1S/C16H28N2O2/c1-11(19)12-6-8-18(9-7-12)16(20)15-10-13-4-2-3-5-14(13)17-15/h11-15,17,19H,2-10H2,1H3/t11-,13+,14-,15-/m0/s1. The molecule has 20 heavy (non-hydrogen) atoms. The summed E-state index contributed by atoms with van der Waals surface area (Å²) >= 11 is 0. The fourth-order valence-electron chi connectivity index (χ4n) is 4.33. The van der Waals surface area contributed by atoms with Crippen molar-refractivity contribution in [2.45, 2.75) is 70.1 Å². The van der Waals surface area contributed by atoms with Gasteiger partial charge in [0, 0.05) is 19.1 Å². The summed E-state index contributed by atoms with van der Waals surface area (Å²) in [6.45, 7) is 3.51. The van der Waals surface area contributed by atoms with Crippen LogP contribution >= 0.6 is 0 Å². The lowest BCUT2D eigenvalue weighted by Gasteiger charge is -2.34. The number of aliphatic hydroxyl groups is 1. The van der Waals surface area contributed by atoms with Crippen LogP contribution in [-0.2, 0) is 4.79 Å². The van der Waals surface area contributed by atoms with E-state index in [1.165, 1.54) is 25.7 Å². The molecule has 3 fully saturated rings. The molecule has 1 amide bonds. The molecule has 4 nitrogen and oxygen atoms in total. The molecule has 1 saturated carbocycles. The molecule has 0 unspecified atom stereocenters. The first-order valence-corrected chi connectivity index (χ1v) is 8.38. The van der Waals surface area contributed by atoms with Gasteiger partial charge in [-0.25, -0.2) is 0 Å². The Labute approximate surface area is 121 Å². The van der Waals surface area contributed by atoms with Gasteiger partial charge in [0.15, 0.2) is 0 Å². The number of nitrogens with zero attached hydrogens (tertiary/aromatic N) is 1. The fraction of sp³-hybridized carbons (Fsp3) is 0.938. The van der Waals surface area contributed by atoms with Crippen molar-refractivity contribution in [3.63, 3.8) is 0 Å². The average molecular weight is 280 g/mol. The normalized spacial score (nSPS) is 36.7. The van der Waals surface area contributed by atoms with Gasteiger partial charge in [-0.1, -0.05) is 12.8 Å². The number of rotatable bonds is 2. The van der Waals surface area contributed by atoms with Gasteiger partial charge >= 0.3 is 0 Å². The Bertz CT molecular complexity index is 336. The van der Waals surface area contributed by atoms with E-state index in [-0.39, 0.29) is 12.1 Å². The molecule has 4 atom stereocenters. The van der Waals surface area contributed by atoms with Crippen LogP contribution in [0.5, 0.6) is 0 Å². The third kappa shape index (κ3) is 2.86. The summed E-state index contributed by atoms with van der Waals surface area (Å²) in [7, 11) is 0. The summed E-state index contributed by atoms with van der Waals surface area (Å²) in [6, 6.07) is 0.652. The molecule has 114 valence electrons. The molecule has 0 spiro atoms. The van der Waals surface area contributed by atoms with Crippen molar-refractivity contribution in [2.75, 3.05) is 13.1 Å². The van der Waals surface area contributed by atoms with Crippen molar-refractivity contribution in [3.05, 3.63) is 0 Å². The zero-order valence-electron chi connectivity index (χ0n) is 12.6. The van der Waals surface area contributed by atoms with Crippen LogP contribution in [0.3, 0.4) is 0 Å². The average Bonchev–Trinajstić information content (AvgIpc) is 2.90.